The molecular formula is C15H17NO3S. The molecule has 0 fully saturated rings. The van der Waals surface area contributed by atoms with Crippen LogP contribution in [0.25, 0.3) is 0 Å². The molecule has 0 saturated carbocycles. The molecule has 0 saturated heterocycles. The normalized spacial score (nSPS) is 11.3. The molecule has 2 aromatic carbocycles. The first-order valence-corrected chi connectivity index (χ1v) is 7.85. The molecule has 0 spiro atoms. The molecule has 0 amide bonds. The fourth-order valence-electron chi connectivity index (χ4n) is 1.92. The highest BCUT2D eigenvalue weighted by atomic mass is 32.2. The third-order valence-electron chi connectivity index (χ3n) is 3.05. The molecule has 0 atom stereocenters. The Kier molecular flexibility index (Phi) is 4.42. The van der Waals surface area contributed by atoms with Crippen LogP contribution in [0.5, 0.6) is 0 Å². The zero-order chi connectivity index (χ0) is 14.6. The predicted octanol–water partition coefficient (Wildman–Crippen LogP) is 2.54. The first-order chi connectivity index (χ1) is 9.56. The number of hydrogen-bond donors (Lipinski definition) is 2. The van der Waals surface area contributed by atoms with Crippen molar-refractivity contribution >= 4 is 15.7 Å². The van der Waals surface area contributed by atoms with E-state index in [0.29, 0.717) is 11.3 Å². The minimum absolute atomic E-state index is 0.0991. The van der Waals surface area contributed by atoms with Crippen LogP contribution >= 0.6 is 0 Å². The molecule has 0 aliphatic rings. The van der Waals surface area contributed by atoms with E-state index in [1.165, 1.54) is 6.07 Å². The molecule has 5 heteroatoms. The van der Waals surface area contributed by atoms with Crippen molar-refractivity contribution in [3.8, 4) is 0 Å². The van der Waals surface area contributed by atoms with Gasteiger partial charge in [0.2, 0.25) is 0 Å². The zero-order valence-corrected chi connectivity index (χ0v) is 12.0. The van der Waals surface area contributed by atoms with Crippen LogP contribution in [0.2, 0.25) is 0 Å². The van der Waals surface area contributed by atoms with Gasteiger partial charge in [0.05, 0.1) is 11.5 Å². The van der Waals surface area contributed by atoms with E-state index in [1.54, 1.807) is 30.3 Å². The molecule has 0 aromatic heterocycles. The number of nitrogens with one attached hydrogen (secondary N) is 1. The van der Waals surface area contributed by atoms with E-state index in [4.69, 9.17) is 0 Å². The van der Waals surface area contributed by atoms with Crippen molar-refractivity contribution in [3.05, 3.63) is 59.7 Å². The molecule has 0 bridgehead atoms. The number of aryl methyl sites for hydroxylation is 1. The summed E-state index contributed by atoms with van der Waals surface area (Å²) in [5, 5.41) is 9.22. The number of anilines is 1. The van der Waals surface area contributed by atoms with Gasteiger partial charge in [-0.2, -0.15) is 0 Å². The number of aliphatic hydroxyl groups excluding tert-OH is 1. The average molecular weight is 291 g/mol. The summed E-state index contributed by atoms with van der Waals surface area (Å²) in [6.45, 7) is 1.72. The van der Waals surface area contributed by atoms with Crippen LogP contribution in [0, 0.1) is 0 Å². The van der Waals surface area contributed by atoms with Crippen LogP contribution < -0.4 is 4.72 Å². The fourth-order valence-corrected chi connectivity index (χ4v) is 3.21. The summed E-state index contributed by atoms with van der Waals surface area (Å²) in [5.41, 5.74) is 2.03. The zero-order valence-electron chi connectivity index (χ0n) is 11.2. The Balaban J connectivity index is 2.30. The van der Waals surface area contributed by atoms with Crippen LogP contribution in [-0.4, -0.2) is 13.5 Å². The summed E-state index contributed by atoms with van der Waals surface area (Å²) in [6.07, 6.45) is 0.903. The fraction of sp³-hybridized carbons (Fsp3) is 0.200. The van der Waals surface area contributed by atoms with E-state index in [2.05, 4.69) is 4.72 Å². The smallest absolute Gasteiger partial charge is 0.262 e. The molecule has 2 rings (SSSR count). The van der Waals surface area contributed by atoms with Gasteiger partial charge in [0.1, 0.15) is 0 Å². The van der Waals surface area contributed by atoms with Gasteiger partial charge in [-0.1, -0.05) is 37.3 Å². The van der Waals surface area contributed by atoms with E-state index in [9.17, 15) is 13.5 Å². The Labute approximate surface area is 119 Å². The van der Waals surface area contributed by atoms with Gasteiger partial charge in [-0.05, 0) is 35.7 Å². The lowest BCUT2D eigenvalue weighted by Gasteiger charge is -2.11. The lowest BCUT2D eigenvalue weighted by molar-refractivity contribution is 0.278. The molecular weight excluding hydrogens is 274 g/mol. The maximum Gasteiger partial charge on any atom is 0.262 e. The molecule has 20 heavy (non-hydrogen) atoms. The van der Waals surface area contributed by atoms with Gasteiger partial charge in [0.25, 0.3) is 10.0 Å². The second kappa shape index (κ2) is 6.07. The maximum absolute atomic E-state index is 12.3. The lowest BCUT2D eigenvalue weighted by atomic mass is 10.2. The van der Waals surface area contributed by atoms with Crippen molar-refractivity contribution in [2.24, 2.45) is 0 Å². The van der Waals surface area contributed by atoms with Gasteiger partial charge in [0, 0.05) is 5.69 Å². The van der Waals surface area contributed by atoms with Crippen molar-refractivity contribution in [3.63, 3.8) is 0 Å². The van der Waals surface area contributed by atoms with Crippen LogP contribution in [0.15, 0.2) is 53.4 Å². The standard InChI is InChI=1S/C15H17NO3S/c1-2-12-7-9-14(10-8-12)16-20(18,19)15-6-4-3-5-13(15)11-17/h3-10,16-17H,2,11H2,1H3. The van der Waals surface area contributed by atoms with Crippen LogP contribution in [0.3, 0.4) is 0 Å². The molecule has 0 heterocycles. The predicted molar refractivity (Wildman–Crippen MR) is 79.0 cm³/mol. The molecule has 0 radical (unpaired) electrons. The SMILES string of the molecule is CCc1ccc(NS(=O)(=O)c2ccccc2CO)cc1. The van der Waals surface area contributed by atoms with Crippen molar-refractivity contribution in [1.82, 2.24) is 0 Å². The minimum Gasteiger partial charge on any atom is -0.392 e. The van der Waals surface area contributed by atoms with Crippen molar-refractivity contribution in [1.29, 1.82) is 0 Å². The third-order valence-corrected chi connectivity index (χ3v) is 4.53. The van der Waals surface area contributed by atoms with Gasteiger partial charge in [-0.15, -0.1) is 0 Å². The number of hydrogen-bond acceptors (Lipinski definition) is 3. The highest BCUT2D eigenvalue weighted by molar-refractivity contribution is 7.92. The van der Waals surface area contributed by atoms with Crippen molar-refractivity contribution in [2.75, 3.05) is 4.72 Å². The van der Waals surface area contributed by atoms with Crippen LogP contribution in [-0.2, 0) is 23.1 Å². The van der Waals surface area contributed by atoms with Crippen LogP contribution in [0.4, 0.5) is 5.69 Å². The Bertz CT molecular complexity index is 679. The first kappa shape index (κ1) is 14.6. The lowest BCUT2D eigenvalue weighted by Crippen LogP contribution is -2.15. The monoisotopic (exact) mass is 291 g/mol. The maximum atomic E-state index is 12.3. The van der Waals surface area contributed by atoms with Gasteiger partial charge in [-0.25, -0.2) is 8.42 Å². The largest absolute Gasteiger partial charge is 0.392 e. The molecule has 0 unspecified atom stereocenters. The molecule has 2 N–H and O–H groups in total. The summed E-state index contributed by atoms with van der Waals surface area (Å²) in [4.78, 5) is 0.0991. The first-order valence-electron chi connectivity index (χ1n) is 6.37. The molecule has 4 nitrogen and oxygen atoms in total. The van der Waals surface area contributed by atoms with Crippen molar-refractivity contribution < 1.29 is 13.5 Å². The minimum atomic E-state index is -3.69. The topological polar surface area (TPSA) is 66.4 Å². The Morgan fingerprint density at radius 3 is 2.30 bits per heavy atom. The van der Waals surface area contributed by atoms with Crippen molar-refractivity contribution in [2.45, 2.75) is 24.8 Å². The molecule has 0 aliphatic carbocycles. The molecule has 0 aliphatic heterocycles. The molecule has 106 valence electrons. The summed E-state index contributed by atoms with van der Waals surface area (Å²) in [6, 6.07) is 13.6. The number of rotatable bonds is 5. The third kappa shape index (κ3) is 3.18. The summed E-state index contributed by atoms with van der Waals surface area (Å²) < 4.78 is 27.1. The van der Waals surface area contributed by atoms with Gasteiger partial charge < -0.3 is 5.11 Å². The summed E-state index contributed by atoms with van der Waals surface area (Å²) >= 11 is 0. The van der Waals surface area contributed by atoms with E-state index >= 15 is 0 Å². The van der Waals surface area contributed by atoms with E-state index in [0.717, 1.165) is 12.0 Å². The second-order valence-corrected chi connectivity index (χ2v) is 6.07. The Morgan fingerprint density at radius 2 is 1.70 bits per heavy atom. The van der Waals surface area contributed by atoms with Gasteiger partial charge >= 0.3 is 0 Å². The number of aliphatic hydroxyl groups is 1. The number of sulfonamides is 1. The molecule has 2 aromatic rings. The Hall–Kier alpha value is -1.85. The van der Waals surface area contributed by atoms with Gasteiger partial charge in [-0.3, -0.25) is 4.72 Å². The van der Waals surface area contributed by atoms with E-state index in [1.807, 2.05) is 19.1 Å². The highest BCUT2D eigenvalue weighted by Crippen LogP contribution is 2.20. The average Bonchev–Trinajstić information content (AvgIpc) is 2.47. The van der Waals surface area contributed by atoms with Gasteiger partial charge in [0.15, 0.2) is 0 Å². The summed E-state index contributed by atoms with van der Waals surface area (Å²) in [7, 11) is -3.69. The van der Waals surface area contributed by atoms with E-state index in [-0.39, 0.29) is 11.5 Å². The highest BCUT2D eigenvalue weighted by Gasteiger charge is 2.17. The second-order valence-electron chi connectivity index (χ2n) is 4.42. The van der Waals surface area contributed by atoms with Crippen LogP contribution in [0.1, 0.15) is 18.1 Å². The van der Waals surface area contributed by atoms with E-state index < -0.39 is 10.0 Å². The Morgan fingerprint density at radius 1 is 1.05 bits per heavy atom. The quantitative estimate of drug-likeness (QED) is 0.889. The summed E-state index contributed by atoms with van der Waals surface area (Å²) in [5.74, 6) is 0. The number of benzene rings is 2.